The van der Waals surface area contributed by atoms with Crippen molar-refractivity contribution in [3.63, 3.8) is 0 Å². The minimum absolute atomic E-state index is 0.261. The third kappa shape index (κ3) is 5.52. The van der Waals surface area contributed by atoms with Crippen LogP contribution in [-0.4, -0.2) is 34.7 Å². The fourth-order valence-corrected chi connectivity index (χ4v) is 1.59. The Balaban J connectivity index is 2.31. The van der Waals surface area contributed by atoms with Gasteiger partial charge in [-0.25, -0.2) is 4.79 Å². The van der Waals surface area contributed by atoms with Gasteiger partial charge in [0.2, 0.25) is 5.91 Å². The maximum Gasteiger partial charge on any atom is 0.334 e. The Hall–Kier alpha value is -1.88. The molecule has 0 heterocycles. The maximum absolute atomic E-state index is 11.5. The monoisotopic (exact) mass is 265 g/mol. The van der Waals surface area contributed by atoms with E-state index in [1.807, 2.05) is 24.3 Å². The number of rotatable bonds is 7. The molecule has 0 aliphatic carbocycles. The van der Waals surface area contributed by atoms with E-state index < -0.39 is 12.1 Å². The quantitative estimate of drug-likeness (QED) is 0.678. The standard InChI is InChI=1S/C14H19NO4/c1-2-10-3-5-11(6-4-10)7-8-13(17)15-9-12(16)14(18)19/h3-6,12,16H,2,7-9H2,1H3,(H,15,17)(H,18,19). The van der Waals surface area contributed by atoms with Gasteiger partial charge in [0.15, 0.2) is 6.10 Å². The van der Waals surface area contributed by atoms with Crippen molar-refractivity contribution in [2.75, 3.05) is 6.54 Å². The highest BCUT2D eigenvalue weighted by Gasteiger charge is 2.13. The van der Waals surface area contributed by atoms with Crippen LogP contribution in [0.3, 0.4) is 0 Å². The summed E-state index contributed by atoms with van der Waals surface area (Å²) in [5, 5.41) is 19.8. The Morgan fingerprint density at radius 1 is 1.21 bits per heavy atom. The van der Waals surface area contributed by atoms with E-state index in [1.165, 1.54) is 5.56 Å². The lowest BCUT2D eigenvalue weighted by molar-refractivity contribution is -0.146. The Labute approximate surface area is 112 Å². The number of nitrogens with one attached hydrogen (secondary N) is 1. The molecule has 1 amide bonds. The van der Waals surface area contributed by atoms with Crippen LogP contribution in [0, 0.1) is 0 Å². The molecular formula is C14H19NO4. The van der Waals surface area contributed by atoms with Gasteiger partial charge in [-0.05, 0) is 24.0 Å². The van der Waals surface area contributed by atoms with Crippen molar-refractivity contribution in [3.8, 4) is 0 Å². The third-order valence-electron chi connectivity index (χ3n) is 2.85. The molecule has 1 aromatic carbocycles. The molecule has 0 saturated heterocycles. The number of carboxylic acid groups (broad SMARTS) is 1. The zero-order chi connectivity index (χ0) is 14.3. The third-order valence-corrected chi connectivity index (χ3v) is 2.85. The number of carbonyl (C=O) groups excluding carboxylic acids is 1. The minimum Gasteiger partial charge on any atom is -0.479 e. The molecular weight excluding hydrogens is 246 g/mol. The lowest BCUT2D eigenvalue weighted by Crippen LogP contribution is -2.36. The van der Waals surface area contributed by atoms with Crippen LogP contribution in [0.4, 0.5) is 0 Å². The fraction of sp³-hybridized carbons (Fsp3) is 0.429. The number of benzene rings is 1. The van der Waals surface area contributed by atoms with Gasteiger partial charge in [-0.15, -0.1) is 0 Å². The summed E-state index contributed by atoms with van der Waals surface area (Å²) in [6, 6.07) is 8.03. The van der Waals surface area contributed by atoms with Crippen molar-refractivity contribution in [2.24, 2.45) is 0 Å². The second-order valence-electron chi connectivity index (χ2n) is 4.33. The summed E-state index contributed by atoms with van der Waals surface area (Å²) < 4.78 is 0. The zero-order valence-electron chi connectivity index (χ0n) is 10.9. The van der Waals surface area contributed by atoms with Crippen LogP contribution >= 0.6 is 0 Å². The minimum atomic E-state index is -1.55. The first-order chi connectivity index (χ1) is 9.02. The highest BCUT2D eigenvalue weighted by molar-refractivity contribution is 5.78. The largest absolute Gasteiger partial charge is 0.479 e. The summed E-state index contributed by atoms with van der Waals surface area (Å²) in [5.41, 5.74) is 2.31. The molecule has 0 aliphatic heterocycles. The van der Waals surface area contributed by atoms with Gasteiger partial charge in [0.05, 0.1) is 6.54 Å². The van der Waals surface area contributed by atoms with Crippen LogP contribution in [0.25, 0.3) is 0 Å². The summed E-state index contributed by atoms with van der Waals surface area (Å²) in [4.78, 5) is 21.8. The van der Waals surface area contributed by atoms with E-state index in [4.69, 9.17) is 10.2 Å². The predicted octanol–water partition coefficient (Wildman–Crippen LogP) is 0.743. The summed E-state index contributed by atoms with van der Waals surface area (Å²) in [6.45, 7) is 1.82. The number of aliphatic hydroxyl groups excluding tert-OH is 1. The lowest BCUT2D eigenvalue weighted by atomic mass is 10.1. The SMILES string of the molecule is CCc1ccc(CCC(=O)NCC(O)C(=O)O)cc1. The number of amides is 1. The predicted molar refractivity (Wildman–Crippen MR) is 70.8 cm³/mol. The van der Waals surface area contributed by atoms with Crippen LogP contribution in [0.15, 0.2) is 24.3 Å². The van der Waals surface area contributed by atoms with Gasteiger partial charge in [0.25, 0.3) is 0 Å². The molecule has 5 nitrogen and oxygen atoms in total. The molecule has 104 valence electrons. The van der Waals surface area contributed by atoms with E-state index in [9.17, 15) is 9.59 Å². The number of aryl methyl sites for hydroxylation is 2. The van der Waals surface area contributed by atoms with Crippen LogP contribution in [0.1, 0.15) is 24.5 Å². The second kappa shape index (κ2) is 7.53. The average Bonchev–Trinajstić information content (AvgIpc) is 2.42. The first kappa shape index (κ1) is 15.2. The number of hydrogen-bond donors (Lipinski definition) is 3. The Morgan fingerprint density at radius 3 is 2.32 bits per heavy atom. The average molecular weight is 265 g/mol. The van der Waals surface area contributed by atoms with E-state index in [2.05, 4.69) is 12.2 Å². The fourth-order valence-electron chi connectivity index (χ4n) is 1.59. The molecule has 1 unspecified atom stereocenters. The Bertz CT molecular complexity index is 428. The van der Waals surface area contributed by atoms with Crippen molar-refractivity contribution < 1.29 is 19.8 Å². The normalized spacial score (nSPS) is 11.9. The summed E-state index contributed by atoms with van der Waals surface area (Å²) in [5.74, 6) is -1.60. The first-order valence-electron chi connectivity index (χ1n) is 6.28. The molecule has 0 aliphatic rings. The number of carbonyl (C=O) groups is 2. The van der Waals surface area contributed by atoms with Crippen molar-refractivity contribution >= 4 is 11.9 Å². The molecule has 0 bridgehead atoms. The summed E-state index contributed by atoms with van der Waals surface area (Å²) >= 11 is 0. The van der Waals surface area contributed by atoms with Gasteiger partial charge < -0.3 is 15.5 Å². The van der Waals surface area contributed by atoms with Crippen LogP contribution in [0.2, 0.25) is 0 Å². The molecule has 19 heavy (non-hydrogen) atoms. The van der Waals surface area contributed by atoms with Crippen molar-refractivity contribution in [3.05, 3.63) is 35.4 Å². The molecule has 0 saturated carbocycles. The van der Waals surface area contributed by atoms with Crippen LogP contribution in [-0.2, 0) is 22.4 Å². The van der Waals surface area contributed by atoms with E-state index in [0.717, 1.165) is 12.0 Å². The molecule has 5 heteroatoms. The van der Waals surface area contributed by atoms with E-state index in [0.29, 0.717) is 6.42 Å². The Kier molecular flexibility index (Phi) is 6.02. The van der Waals surface area contributed by atoms with Crippen LogP contribution in [0.5, 0.6) is 0 Å². The summed E-state index contributed by atoms with van der Waals surface area (Å²) in [7, 11) is 0. The molecule has 3 N–H and O–H groups in total. The molecule has 1 rings (SSSR count). The van der Waals surface area contributed by atoms with Crippen LogP contribution < -0.4 is 5.32 Å². The number of carboxylic acids is 1. The van der Waals surface area contributed by atoms with E-state index in [-0.39, 0.29) is 18.9 Å². The van der Waals surface area contributed by atoms with Gasteiger partial charge in [-0.3, -0.25) is 4.79 Å². The second-order valence-corrected chi connectivity index (χ2v) is 4.33. The van der Waals surface area contributed by atoms with Crippen molar-refractivity contribution in [1.82, 2.24) is 5.32 Å². The van der Waals surface area contributed by atoms with Gasteiger partial charge in [-0.1, -0.05) is 31.2 Å². The van der Waals surface area contributed by atoms with E-state index >= 15 is 0 Å². The van der Waals surface area contributed by atoms with Gasteiger partial charge >= 0.3 is 5.97 Å². The highest BCUT2D eigenvalue weighted by atomic mass is 16.4. The first-order valence-corrected chi connectivity index (χ1v) is 6.28. The van der Waals surface area contributed by atoms with Crippen molar-refractivity contribution in [1.29, 1.82) is 0 Å². The number of aliphatic carboxylic acids is 1. The van der Waals surface area contributed by atoms with Crippen molar-refractivity contribution in [2.45, 2.75) is 32.3 Å². The number of aliphatic hydroxyl groups is 1. The topological polar surface area (TPSA) is 86.6 Å². The molecule has 0 spiro atoms. The highest BCUT2D eigenvalue weighted by Crippen LogP contribution is 2.07. The number of hydrogen-bond acceptors (Lipinski definition) is 3. The Morgan fingerprint density at radius 2 is 1.79 bits per heavy atom. The molecule has 0 radical (unpaired) electrons. The van der Waals surface area contributed by atoms with Gasteiger partial charge in [-0.2, -0.15) is 0 Å². The summed E-state index contributed by atoms with van der Waals surface area (Å²) in [6.07, 6.45) is 0.303. The van der Waals surface area contributed by atoms with E-state index in [1.54, 1.807) is 0 Å². The zero-order valence-corrected chi connectivity index (χ0v) is 10.9. The molecule has 0 fully saturated rings. The smallest absolute Gasteiger partial charge is 0.334 e. The van der Waals surface area contributed by atoms with Gasteiger partial charge in [0.1, 0.15) is 0 Å². The molecule has 0 aromatic heterocycles. The van der Waals surface area contributed by atoms with Gasteiger partial charge in [0, 0.05) is 6.42 Å². The lowest BCUT2D eigenvalue weighted by Gasteiger charge is -2.08. The molecule has 1 atom stereocenters. The maximum atomic E-state index is 11.5. The molecule has 1 aromatic rings.